The van der Waals surface area contributed by atoms with Gasteiger partial charge in [0, 0.05) is 30.1 Å². The Morgan fingerprint density at radius 1 is 1.09 bits per heavy atom. The lowest BCUT2D eigenvalue weighted by molar-refractivity contribution is 0.0473. The van der Waals surface area contributed by atoms with Crippen molar-refractivity contribution in [2.24, 2.45) is 0 Å². The van der Waals surface area contributed by atoms with Gasteiger partial charge in [0.05, 0.1) is 10.6 Å². The summed E-state index contributed by atoms with van der Waals surface area (Å²) >= 11 is 6.18. The van der Waals surface area contributed by atoms with Gasteiger partial charge in [-0.05, 0) is 56.0 Å². The lowest BCUT2D eigenvalue weighted by Crippen LogP contribution is -2.35. The number of hydrogen-bond donors (Lipinski definition) is 0. The molecule has 9 heteroatoms. The number of esters is 1. The van der Waals surface area contributed by atoms with Gasteiger partial charge in [-0.1, -0.05) is 30.2 Å². The molecule has 7 nitrogen and oxygen atoms in total. The predicted octanol–water partition coefficient (Wildman–Crippen LogP) is 4.59. The van der Waals surface area contributed by atoms with Crippen LogP contribution in [0.3, 0.4) is 0 Å². The van der Waals surface area contributed by atoms with E-state index in [1.165, 1.54) is 28.6 Å². The minimum Gasteiger partial charge on any atom is -0.457 e. The lowest BCUT2D eigenvalue weighted by Gasteiger charge is -2.26. The fourth-order valence-corrected chi connectivity index (χ4v) is 5.96. The Labute approximate surface area is 197 Å². The summed E-state index contributed by atoms with van der Waals surface area (Å²) in [6.07, 6.45) is 2.56. The zero-order chi connectivity index (χ0) is 23.8. The molecule has 0 atom stereocenters. The molecule has 1 aliphatic rings. The molecule has 0 saturated carbocycles. The smallest absolute Gasteiger partial charge is 0.338 e. The quantitative estimate of drug-likeness (QED) is 0.384. The Bertz CT molecular complexity index is 1390. The zero-order valence-corrected chi connectivity index (χ0v) is 20.0. The highest BCUT2D eigenvalue weighted by Crippen LogP contribution is 2.29. The number of benzene rings is 2. The second kappa shape index (κ2) is 9.29. The van der Waals surface area contributed by atoms with E-state index in [1.54, 1.807) is 0 Å². The highest BCUT2D eigenvalue weighted by molar-refractivity contribution is 7.89. The van der Waals surface area contributed by atoms with E-state index in [0.29, 0.717) is 29.6 Å². The van der Waals surface area contributed by atoms with Crippen molar-refractivity contribution in [3.05, 3.63) is 74.1 Å². The van der Waals surface area contributed by atoms with Crippen LogP contribution < -0.4 is 5.63 Å². The third-order valence-corrected chi connectivity index (χ3v) is 8.36. The fourth-order valence-electron chi connectivity index (χ4n) is 3.94. The van der Waals surface area contributed by atoms with Crippen molar-refractivity contribution < 1.29 is 22.4 Å². The molecule has 0 bridgehead atoms. The summed E-state index contributed by atoms with van der Waals surface area (Å²) in [4.78, 5) is 24.7. The van der Waals surface area contributed by atoms with Crippen molar-refractivity contribution in [2.75, 3.05) is 13.1 Å². The zero-order valence-electron chi connectivity index (χ0n) is 18.4. The van der Waals surface area contributed by atoms with Gasteiger partial charge in [0.1, 0.15) is 17.1 Å². The molecule has 1 fully saturated rings. The second-order valence-electron chi connectivity index (χ2n) is 8.16. The minimum absolute atomic E-state index is 0.0506. The van der Waals surface area contributed by atoms with E-state index in [2.05, 4.69) is 0 Å². The van der Waals surface area contributed by atoms with Crippen molar-refractivity contribution in [3.63, 3.8) is 0 Å². The van der Waals surface area contributed by atoms with E-state index in [0.717, 1.165) is 30.4 Å². The van der Waals surface area contributed by atoms with Crippen LogP contribution in [-0.4, -0.2) is 31.8 Å². The molecule has 2 heterocycles. The van der Waals surface area contributed by atoms with Crippen molar-refractivity contribution in [2.45, 2.75) is 44.6 Å². The second-order valence-corrected chi connectivity index (χ2v) is 10.5. The molecule has 4 rings (SSSR count). The number of ether oxygens (including phenoxy) is 1. The van der Waals surface area contributed by atoms with E-state index < -0.39 is 21.6 Å². The summed E-state index contributed by atoms with van der Waals surface area (Å²) < 4.78 is 38.3. The predicted molar refractivity (Wildman–Crippen MR) is 125 cm³/mol. The topological polar surface area (TPSA) is 93.9 Å². The monoisotopic (exact) mass is 489 g/mol. The van der Waals surface area contributed by atoms with E-state index in [9.17, 15) is 18.0 Å². The molecular formula is C24H24ClNO6S. The van der Waals surface area contributed by atoms with E-state index in [-0.39, 0.29) is 22.1 Å². The van der Waals surface area contributed by atoms with Gasteiger partial charge in [-0.15, -0.1) is 0 Å². The van der Waals surface area contributed by atoms with Crippen molar-refractivity contribution in [3.8, 4) is 0 Å². The van der Waals surface area contributed by atoms with Crippen molar-refractivity contribution in [1.82, 2.24) is 4.31 Å². The molecule has 33 heavy (non-hydrogen) atoms. The van der Waals surface area contributed by atoms with Gasteiger partial charge in [0.25, 0.3) is 0 Å². The SMILES string of the molecule is Cc1ccc2c(COC(=O)c3ccc(Cl)c(S(=O)(=O)N4CCCCC4)c3)cc(=O)oc2c1C. The van der Waals surface area contributed by atoms with Gasteiger partial charge in [-0.25, -0.2) is 18.0 Å². The molecule has 1 aliphatic heterocycles. The molecule has 0 amide bonds. The van der Waals surface area contributed by atoms with Crippen LogP contribution in [0.2, 0.25) is 5.02 Å². The Kier molecular flexibility index (Phi) is 6.61. The van der Waals surface area contributed by atoms with E-state index in [1.807, 2.05) is 26.0 Å². The summed E-state index contributed by atoms with van der Waals surface area (Å²) in [6.45, 7) is 4.46. The maximum Gasteiger partial charge on any atom is 0.338 e. The number of halogens is 1. The first-order valence-electron chi connectivity index (χ1n) is 10.7. The molecule has 2 aromatic carbocycles. The van der Waals surface area contributed by atoms with Gasteiger partial charge in [0.15, 0.2) is 0 Å². The maximum absolute atomic E-state index is 13.0. The third kappa shape index (κ3) is 4.69. The summed E-state index contributed by atoms with van der Waals surface area (Å²) in [5.41, 5.74) is 2.30. The van der Waals surface area contributed by atoms with E-state index >= 15 is 0 Å². The van der Waals surface area contributed by atoms with Gasteiger partial charge < -0.3 is 9.15 Å². The summed E-state index contributed by atoms with van der Waals surface area (Å²) in [5, 5.41) is 0.726. The number of carbonyl (C=O) groups is 1. The van der Waals surface area contributed by atoms with Crippen LogP contribution in [0.5, 0.6) is 0 Å². The van der Waals surface area contributed by atoms with Crippen LogP contribution in [0.1, 0.15) is 46.3 Å². The van der Waals surface area contributed by atoms with Crippen molar-refractivity contribution >= 4 is 38.6 Å². The number of carbonyl (C=O) groups excluding carboxylic acids is 1. The highest BCUT2D eigenvalue weighted by Gasteiger charge is 2.29. The highest BCUT2D eigenvalue weighted by atomic mass is 35.5. The molecule has 0 radical (unpaired) electrons. The van der Waals surface area contributed by atoms with Gasteiger partial charge >= 0.3 is 11.6 Å². The number of rotatable bonds is 5. The molecule has 1 saturated heterocycles. The molecule has 3 aromatic rings. The molecule has 174 valence electrons. The van der Waals surface area contributed by atoms with Crippen LogP contribution in [-0.2, 0) is 21.4 Å². The standard InChI is InChI=1S/C24H24ClNO6S/c1-15-6-8-19-18(13-22(27)32-23(19)16(15)2)14-31-24(28)17-7-9-20(25)21(12-17)33(29,30)26-10-4-3-5-11-26/h6-9,12-13H,3-5,10-11,14H2,1-2H3. The first kappa shape index (κ1) is 23.5. The van der Waals surface area contributed by atoms with Crippen molar-refractivity contribution in [1.29, 1.82) is 0 Å². The van der Waals surface area contributed by atoms with Gasteiger partial charge in [0.2, 0.25) is 10.0 Å². The van der Waals surface area contributed by atoms with Crippen LogP contribution in [0.25, 0.3) is 11.0 Å². The number of hydrogen-bond acceptors (Lipinski definition) is 6. The number of piperidine rings is 1. The maximum atomic E-state index is 13.0. The Hall–Kier alpha value is -2.68. The minimum atomic E-state index is -3.82. The van der Waals surface area contributed by atoms with Crippen LogP contribution in [0.15, 0.2) is 50.5 Å². The molecule has 1 aromatic heterocycles. The average molecular weight is 490 g/mol. The van der Waals surface area contributed by atoms with Crippen LogP contribution in [0.4, 0.5) is 0 Å². The number of aryl methyl sites for hydroxylation is 2. The largest absolute Gasteiger partial charge is 0.457 e. The summed E-state index contributed by atoms with van der Waals surface area (Å²) in [6, 6.07) is 9.06. The van der Waals surface area contributed by atoms with Crippen LogP contribution >= 0.6 is 11.6 Å². The average Bonchev–Trinajstić information content (AvgIpc) is 2.80. The molecule has 0 N–H and O–H groups in total. The number of fused-ring (bicyclic) bond motifs is 1. The molecule has 0 spiro atoms. The first-order valence-corrected chi connectivity index (χ1v) is 12.5. The molecule has 0 unspecified atom stereocenters. The summed E-state index contributed by atoms with van der Waals surface area (Å²) in [5.74, 6) is -0.716. The van der Waals surface area contributed by atoms with Gasteiger partial charge in [-0.3, -0.25) is 0 Å². The first-order chi connectivity index (χ1) is 15.7. The third-order valence-electron chi connectivity index (χ3n) is 5.98. The lowest BCUT2D eigenvalue weighted by atomic mass is 10.0. The Morgan fingerprint density at radius 3 is 2.55 bits per heavy atom. The normalized spacial score (nSPS) is 15.0. The molecule has 0 aliphatic carbocycles. The number of sulfonamides is 1. The Balaban J connectivity index is 1.60. The number of nitrogens with zero attached hydrogens (tertiary/aromatic N) is 1. The Morgan fingerprint density at radius 2 is 1.82 bits per heavy atom. The fraction of sp³-hybridized carbons (Fsp3) is 0.333. The molecular weight excluding hydrogens is 466 g/mol. The van der Waals surface area contributed by atoms with E-state index in [4.69, 9.17) is 20.8 Å². The summed E-state index contributed by atoms with van der Waals surface area (Å²) in [7, 11) is -3.82. The van der Waals surface area contributed by atoms with Crippen LogP contribution in [0, 0.1) is 13.8 Å². The van der Waals surface area contributed by atoms with Gasteiger partial charge in [-0.2, -0.15) is 4.31 Å².